The molecule has 1 aromatic carbocycles. The number of hydrogen-bond acceptors (Lipinski definition) is 5. The van der Waals surface area contributed by atoms with Crippen LogP contribution in [-0.4, -0.2) is 28.7 Å². The van der Waals surface area contributed by atoms with E-state index < -0.39 is 6.09 Å². The number of benzene rings is 1. The van der Waals surface area contributed by atoms with E-state index in [1.54, 1.807) is 29.0 Å². The van der Waals surface area contributed by atoms with Gasteiger partial charge in [-0.25, -0.2) is 4.79 Å². The first-order valence-corrected chi connectivity index (χ1v) is 7.68. The van der Waals surface area contributed by atoms with E-state index in [2.05, 4.69) is 15.0 Å². The number of carbonyl (C=O) groups is 2. The number of pyridine rings is 1. The van der Waals surface area contributed by atoms with Crippen molar-refractivity contribution >= 4 is 28.6 Å². The van der Waals surface area contributed by atoms with Gasteiger partial charge in [0, 0.05) is 28.5 Å². The standard InChI is InChI=1S/C18H18N4O3/c1-11-7-13-8-14(19)3-4-16(13)22(11)17(23)12-5-6-20-15(9-12)10-21-18(24)25-2/h3-9H,10,19H2,1-2H3,(H,21,24). The molecule has 0 fully saturated rings. The van der Waals surface area contributed by atoms with Crippen LogP contribution in [-0.2, 0) is 11.3 Å². The van der Waals surface area contributed by atoms with E-state index in [0.717, 1.165) is 16.6 Å². The van der Waals surface area contributed by atoms with Gasteiger partial charge in [0.15, 0.2) is 0 Å². The van der Waals surface area contributed by atoms with Gasteiger partial charge >= 0.3 is 6.09 Å². The first-order valence-electron chi connectivity index (χ1n) is 7.68. The number of carbonyl (C=O) groups excluding carboxylic acids is 2. The third-order valence-electron chi connectivity index (χ3n) is 3.88. The maximum absolute atomic E-state index is 13.0. The molecule has 3 aromatic rings. The lowest BCUT2D eigenvalue weighted by molar-refractivity contribution is 0.0963. The molecule has 3 rings (SSSR count). The number of alkyl carbamates (subject to hydrolysis) is 1. The molecule has 25 heavy (non-hydrogen) atoms. The summed E-state index contributed by atoms with van der Waals surface area (Å²) in [6.45, 7) is 2.05. The fraction of sp³-hybridized carbons (Fsp3) is 0.167. The van der Waals surface area contributed by atoms with Crippen LogP contribution in [0.2, 0.25) is 0 Å². The Kier molecular flexibility index (Phi) is 4.38. The number of methoxy groups -OCH3 is 1. The molecule has 0 aliphatic heterocycles. The van der Waals surface area contributed by atoms with Gasteiger partial charge in [0.05, 0.1) is 24.9 Å². The average Bonchev–Trinajstić information content (AvgIpc) is 2.94. The Morgan fingerprint density at radius 2 is 2.04 bits per heavy atom. The molecule has 3 N–H and O–H groups in total. The Bertz CT molecular complexity index is 962. The maximum Gasteiger partial charge on any atom is 0.407 e. The highest BCUT2D eigenvalue weighted by molar-refractivity contribution is 6.03. The number of nitrogens with one attached hydrogen (secondary N) is 1. The number of nitrogen functional groups attached to an aromatic ring is 1. The van der Waals surface area contributed by atoms with Gasteiger partial charge in [-0.15, -0.1) is 0 Å². The fourth-order valence-corrected chi connectivity index (χ4v) is 2.71. The molecule has 0 saturated heterocycles. The van der Waals surface area contributed by atoms with E-state index in [1.807, 2.05) is 25.1 Å². The van der Waals surface area contributed by atoms with Crippen LogP contribution in [0.25, 0.3) is 10.9 Å². The van der Waals surface area contributed by atoms with Crippen LogP contribution in [0.4, 0.5) is 10.5 Å². The molecule has 0 radical (unpaired) electrons. The molecule has 0 unspecified atom stereocenters. The lowest BCUT2D eigenvalue weighted by Crippen LogP contribution is -2.23. The lowest BCUT2D eigenvalue weighted by Gasteiger charge is -2.09. The SMILES string of the molecule is COC(=O)NCc1cc(C(=O)n2c(C)cc3cc(N)ccc32)ccn1. The van der Waals surface area contributed by atoms with Crippen molar-refractivity contribution in [3.63, 3.8) is 0 Å². The van der Waals surface area contributed by atoms with E-state index in [9.17, 15) is 9.59 Å². The molecule has 0 aliphatic carbocycles. The second-order valence-electron chi connectivity index (χ2n) is 5.63. The van der Waals surface area contributed by atoms with Crippen molar-refractivity contribution in [2.24, 2.45) is 0 Å². The number of aryl methyl sites for hydroxylation is 1. The quantitative estimate of drug-likeness (QED) is 0.715. The minimum atomic E-state index is -0.552. The molecule has 7 nitrogen and oxygen atoms in total. The monoisotopic (exact) mass is 338 g/mol. The summed E-state index contributed by atoms with van der Waals surface area (Å²) in [5, 5.41) is 3.45. The Balaban J connectivity index is 1.94. The molecule has 1 amide bonds. The van der Waals surface area contributed by atoms with Crippen LogP contribution in [0.3, 0.4) is 0 Å². The second-order valence-corrected chi connectivity index (χ2v) is 5.63. The predicted octanol–water partition coefficient (Wildman–Crippen LogP) is 2.47. The largest absolute Gasteiger partial charge is 0.453 e. The Morgan fingerprint density at radius 1 is 1.24 bits per heavy atom. The van der Waals surface area contributed by atoms with Crippen molar-refractivity contribution < 1.29 is 14.3 Å². The molecule has 0 bridgehead atoms. The number of aromatic nitrogens is 2. The Hall–Kier alpha value is -3.35. The zero-order valence-corrected chi connectivity index (χ0v) is 13.9. The van der Waals surface area contributed by atoms with Crippen LogP contribution >= 0.6 is 0 Å². The lowest BCUT2D eigenvalue weighted by atomic mass is 10.2. The van der Waals surface area contributed by atoms with Gasteiger partial charge in [0.1, 0.15) is 0 Å². The second kappa shape index (κ2) is 6.64. The van der Waals surface area contributed by atoms with E-state index in [-0.39, 0.29) is 12.5 Å². The molecule has 128 valence electrons. The smallest absolute Gasteiger partial charge is 0.407 e. The highest BCUT2D eigenvalue weighted by Gasteiger charge is 2.15. The van der Waals surface area contributed by atoms with Crippen molar-refractivity contribution in [1.29, 1.82) is 0 Å². The van der Waals surface area contributed by atoms with Gasteiger partial charge < -0.3 is 15.8 Å². The molecule has 2 aromatic heterocycles. The highest BCUT2D eigenvalue weighted by Crippen LogP contribution is 2.23. The van der Waals surface area contributed by atoms with Gasteiger partial charge in [-0.3, -0.25) is 14.3 Å². The summed E-state index contributed by atoms with van der Waals surface area (Å²) in [6, 6.07) is 10.7. The third-order valence-corrected chi connectivity index (χ3v) is 3.88. The van der Waals surface area contributed by atoms with Crippen molar-refractivity contribution in [2.75, 3.05) is 12.8 Å². The van der Waals surface area contributed by atoms with E-state index in [4.69, 9.17) is 5.73 Å². The van der Waals surface area contributed by atoms with E-state index >= 15 is 0 Å². The molecular formula is C18H18N4O3. The zero-order chi connectivity index (χ0) is 18.0. The summed E-state index contributed by atoms with van der Waals surface area (Å²) in [5.41, 5.74) is 9.12. The average molecular weight is 338 g/mol. The molecule has 2 heterocycles. The number of nitrogens with zero attached hydrogens (tertiary/aromatic N) is 2. The topological polar surface area (TPSA) is 99.2 Å². The van der Waals surface area contributed by atoms with E-state index in [1.165, 1.54) is 7.11 Å². The van der Waals surface area contributed by atoms with Crippen molar-refractivity contribution in [1.82, 2.24) is 14.9 Å². The Morgan fingerprint density at radius 3 is 2.80 bits per heavy atom. The molecule has 7 heteroatoms. The molecule has 0 saturated carbocycles. The number of nitrogens with two attached hydrogens (primary N) is 1. The first kappa shape index (κ1) is 16.5. The van der Waals surface area contributed by atoms with Crippen LogP contribution in [0, 0.1) is 6.92 Å². The summed E-state index contributed by atoms with van der Waals surface area (Å²) in [4.78, 5) is 28.3. The van der Waals surface area contributed by atoms with Gasteiger partial charge in [0.25, 0.3) is 5.91 Å². The van der Waals surface area contributed by atoms with Crippen LogP contribution in [0.5, 0.6) is 0 Å². The van der Waals surface area contributed by atoms with Crippen LogP contribution < -0.4 is 11.1 Å². The molecule has 0 spiro atoms. The van der Waals surface area contributed by atoms with Crippen molar-refractivity contribution in [3.05, 3.63) is 59.5 Å². The maximum atomic E-state index is 13.0. The van der Waals surface area contributed by atoms with Gasteiger partial charge in [-0.2, -0.15) is 0 Å². The van der Waals surface area contributed by atoms with Crippen LogP contribution in [0.1, 0.15) is 21.7 Å². The van der Waals surface area contributed by atoms with Gasteiger partial charge in [0.2, 0.25) is 0 Å². The molecule has 0 aliphatic rings. The minimum Gasteiger partial charge on any atom is -0.453 e. The number of amides is 1. The predicted molar refractivity (Wildman–Crippen MR) is 94.3 cm³/mol. The van der Waals surface area contributed by atoms with Crippen LogP contribution in [0.15, 0.2) is 42.6 Å². The van der Waals surface area contributed by atoms with Gasteiger partial charge in [-0.05, 0) is 43.3 Å². The third kappa shape index (κ3) is 3.30. The van der Waals surface area contributed by atoms with Gasteiger partial charge in [-0.1, -0.05) is 0 Å². The summed E-state index contributed by atoms with van der Waals surface area (Å²) >= 11 is 0. The summed E-state index contributed by atoms with van der Waals surface area (Å²) in [7, 11) is 1.29. The number of fused-ring (bicyclic) bond motifs is 1. The summed E-state index contributed by atoms with van der Waals surface area (Å²) in [6.07, 6.45) is 0.990. The summed E-state index contributed by atoms with van der Waals surface area (Å²) in [5.74, 6) is -0.168. The minimum absolute atomic E-state index is 0.168. The summed E-state index contributed by atoms with van der Waals surface area (Å²) < 4.78 is 6.16. The molecule has 0 atom stereocenters. The number of hydrogen-bond donors (Lipinski definition) is 2. The highest BCUT2D eigenvalue weighted by atomic mass is 16.5. The first-order chi connectivity index (χ1) is 12.0. The van der Waals surface area contributed by atoms with Crippen molar-refractivity contribution in [3.8, 4) is 0 Å². The van der Waals surface area contributed by atoms with Crippen molar-refractivity contribution in [2.45, 2.75) is 13.5 Å². The fourth-order valence-electron chi connectivity index (χ4n) is 2.71. The Labute approximate surface area is 144 Å². The number of rotatable bonds is 3. The normalized spacial score (nSPS) is 10.6. The number of anilines is 1. The molecular weight excluding hydrogens is 320 g/mol. The zero-order valence-electron chi connectivity index (χ0n) is 13.9. The number of ether oxygens (including phenoxy) is 1. The van der Waals surface area contributed by atoms with E-state index in [0.29, 0.717) is 16.9 Å².